The van der Waals surface area contributed by atoms with Gasteiger partial charge in [-0.3, -0.25) is 0 Å². The van der Waals surface area contributed by atoms with Crippen LogP contribution in [0, 0.1) is 5.92 Å². The van der Waals surface area contributed by atoms with E-state index in [0.29, 0.717) is 6.42 Å². The van der Waals surface area contributed by atoms with Gasteiger partial charge in [0.25, 0.3) is 5.97 Å². The Balaban J connectivity index is 4.41. The summed E-state index contributed by atoms with van der Waals surface area (Å²) in [5.41, 5.74) is 0. The summed E-state index contributed by atoms with van der Waals surface area (Å²) < 4.78 is 16.6. The topological polar surface area (TPSA) is 44.8 Å². The van der Waals surface area contributed by atoms with E-state index in [1.54, 1.807) is 28.3 Å². The Morgan fingerprint density at radius 3 is 1.86 bits per heavy atom. The number of Topliss-reactive ketones (excluding diaryl/α,β-unsaturated/α-hetero) is 1. The molecule has 1 atom stereocenters. The maximum Gasteiger partial charge on any atom is 0.285 e. The first-order valence-corrected chi connectivity index (χ1v) is 8.71. The van der Waals surface area contributed by atoms with Crippen molar-refractivity contribution in [2.24, 2.45) is 5.92 Å². The first-order valence-electron chi connectivity index (χ1n) is 8.71. The smallest absolute Gasteiger partial charge is 0.285 e. The molecule has 0 amide bonds. The zero-order valence-electron chi connectivity index (χ0n) is 15.3. The van der Waals surface area contributed by atoms with Gasteiger partial charge in [-0.25, -0.2) is 0 Å². The third kappa shape index (κ3) is 8.25. The monoisotopic (exact) mass is 316 g/mol. The lowest BCUT2D eigenvalue weighted by Crippen LogP contribution is -2.44. The Morgan fingerprint density at radius 1 is 0.864 bits per heavy atom. The molecule has 0 aromatic carbocycles. The van der Waals surface area contributed by atoms with Crippen molar-refractivity contribution in [2.45, 2.75) is 84.0 Å². The molecule has 0 bridgehead atoms. The van der Waals surface area contributed by atoms with Crippen LogP contribution in [-0.2, 0) is 19.0 Å². The second-order valence-electron chi connectivity index (χ2n) is 6.06. The van der Waals surface area contributed by atoms with E-state index in [0.717, 1.165) is 25.7 Å². The fourth-order valence-electron chi connectivity index (χ4n) is 3.02. The standard InChI is InChI=1S/C18H36O4/c1-6-7-8-9-10-11-14-17(15-12-13-16(2)19)18(20-3,21-4)22-5/h17H,6-15H2,1-5H3. The van der Waals surface area contributed by atoms with Gasteiger partial charge in [0.2, 0.25) is 0 Å². The molecule has 0 heterocycles. The Labute approximate surface area is 136 Å². The van der Waals surface area contributed by atoms with Crippen molar-refractivity contribution in [1.29, 1.82) is 0 Å². The summed E-state index contributed by atoms with van der Waals surface area (Å²) in [5.74, 6) is -0.602. The fourth-order valence-corrected chi connectivity index (χ4v) is 3.02. The molecule has 4 heteroatoms. The van der Waals surface area contributed by atoms with Gasteiger partial charge in [-0.2, -0.15) is 0 Å². The molecular formula is C18H36O4. The van der Waals surface area contributed by atoms with E-state index in [1.807, 2.05) is 0 Å². The molecule has 0 aliphatic carbocycles. The van der Waals surface area contributed by atoms with E-state index in [4.69, 9.17) is 14.2 Å². The zero-order valence-corrected chi connectivity index (χ0v) is 15.3. The molecule has 0 aliphatic rings. The maximum atomic E-state index is 11.2. The normalized spacial score (nSPS) is 13.3. The molecule has 0 radical (unpaired) electrons. The van der Waals surface area contributed by atoms with Crippen molar-refractivity contribution in [1.82, 2.24) is 0 Å². The number of ketones is 1. The van der Waals surface area contributed by atoms with Gasteiger partial charge >= 0.3 is 0 Å². The minimum atomic E-state index is -0.986. The number of carbonyl (C=O) groups is 1. The van der Waals surface area contributed by atoms with Crippen LogP contribution in [0.1, 0.15) is 78.1 Å². The van der Waals surface area contributed by atoms with Crippen molar-refractivity contribution in [3.05, 3.63) is 0 Å². The molecule has 1 unspecified atom stereocenters. The number of rotatable bonds is 15. The summed E-state index contributed by atoms with van der Waals surface area (Å²) in [7, 11) is 4.85. The lowest BCUT2D eigenvalue weighted by Gasteiger charge is -2.36. The first kappa shape index (κ1) is 21.6. The Bertz CT molecular complexity index is 266. The highest BCUT2D eigenvalue weighted by molar-refractivity contribution is 5.75. The zero-order chi connectivity index (χ0) is 16.8. The third-order valence-corrected chi connectivity index (χ3v) is 4.34. The maximum absolute atomic E-state index is 11.2. The molecule has 0 fully saturated rings. The van der Waals surface area contributed by atoms with Crippen molar-refractivity contribution >= 4 is 5.78 Å². The molecule has 0 saturated heterocycles. The summed E-state index contributed by atoms with van der Waals surface area (Å²) in [6.45, 7) is 3.87. The molecule has 22 heavy (non-hydrogen) atoms. The van der Waals surface area contributed by atoms with Crippen molar-refractivity contribution in [2.75, 3.05) is 21.3 Å². The van der Waals surface area contributed by atoms with Gasteiger partial charge in [0.05, 0.1) is 0 Å². The summed E-state index contributed by atoms with van der Waals surface area (Å²) in [4.78, 5) is 11.2. The highest BCUT2D eigenvalue weighted by Gasteiger charge is 2.39. The van der Waals surface area contributed by atoms with Crippen molar-refractivity contribution < 1.29 is 19.0 Å². The second-order valence-corrected chi connectivity index (χ2v) is 6.06. The van der Waals surface area contributed by atoms with Crippen molar-refractivity contribution in [3.8, 4) is 0 Å². The average molecular weight is 316 g/mol. The molecule has 132 valence electrons. The van der Waals surface area contributed by atoms with E-state index in [2.05, 4.69) is 6.92 Å². The Morgan fingerprint density at radius 2 is 1.36 bits per heavy atom. The lowest BCUT2D eigenvalue weighted by molar-refractivity contribution is -0.380. The molecule has 0 saturated carbocycles. The largest absolute Gasteiger partial charge is 0.331 e. The number of unbranched alkanes of at least 4 members (excludes halogenated alkanes) is 5. The molecule has 0 aromatic heterocycles. The predicted octanol–water partition coefficient (Wildman–Crippen LogP) is 4.71. The Kier molecular flexibility index (Phi) is 12.8. The molecule has 0 aliphatic heterocycles. The van der Waals surface area contributed by atoms with Crippen molar-refractivity contribution in [3.63, 3.8) is 0 Å². The molecule has 4 nitrogen and oxygen atoms in total. The summed E-state index contributed by atoms with van der Waals surface area (Å²) in [6, 6.07) is 0. The van der Waals surface area contributed by atoms with Gasteiger partial charge in [0, 0.05) is 33.7 Å². The third-order valence-electron chi connectivity index (χ3n) is 4.34. The van der Waals surface area contributed by atoms with Gasteiger partial charge in [-0.1, -0.05) is 45.4 Å². The molecule has 0 N–H and O–H groups in total. The van der Waals surface area contributed by atoms with E-state index in [1.165, 1.54) is 32.1 Å². The van der Waals surface area contributed by atoms with E-state index >= 15 is 0 Å². The summed E-state index contributed by atoms with van der Waals surface area (Å²) in [6.07, 6.45) is 10.9. The van der Waals surface area contributed by atoms with E-state index < -0.39 is 5.97 Å². The number of methoxy groups -OCH3 is 3. The van der Waals surface area contributed by atoms with Gasteiger partial charge in [-0.05, 0) is 26.2 Å². The van der Waals surface area contributed by atoms with E-state index in [9.17, 15) is 4.79 Å². The number of hydrogen-bond donors (Lipinski definition) is 0. The number of carbonyl (C=O) groups excluding carboxylic acids is 1. The van der Waals surface area contributed by atoms with Crippen LogP contribution in [0.4, 0.5) is 0 Å². The second kappa shape index (κ2) is 13.0. The van der Waals surface area contributed by atoms with Crippen LogP contribution >= 0.6 is 0 Å². The van der Waals surface area contributed by atoms with Crippen LogP contribution in [0.2, 0.25) is 0 Å². The van der Waals surface area contributed by atoms with Gasteiger partial charge < -0.3 is 19.0 Å². The fraction of sp³-hybridized carbons (Fsp3) is 0.944. The van der Waals surface area contributed by atoms with Gasteiger partial charge in [-0.15, -0.1) is 0 Å². The lowest BCUT2D eigenvalue weighted by atomic mass is 9.92. The van der Waals surface area contributed by atoms with Gasteiger partial charge in [0.1, 0.15) is 5.78 Å². The van der Waals surface area contributed by atoms with Gasteiger partial charge in [0.15, 0.2) is 0 Å². The SMILES string of the molecule is CCCCCCCCC(CCCC(C)=O)C(OC)(OC)OC. The average Bonchev–Trinajstić information content (AvgIpc) is 2.51. The molecule has 0 aromatic rings. The van der Waals surface area contributed by atoms with Crippen LogP contribution in [0.25, 0.3) is 0 Å². The highest BCUT2D eigenvalue weighted by atomic mass is 16.9. The number of hydrogen-bond acceptors (Lipinski definition) is 4. The highest BCUT2D eigenvalue weighted by Crippen LogP contribution is 2.32. The van der Waals surface area contributed by atoms with Crippen LogP contribution in [0.5, 0.6) is 0 Å². The summed E-state index contributed by atoms with van der Waals surface area (Å²) in [5, 5.41) is 0. The number of ether oxygens (including phenoxy) is 3. The molecule has 0 rings (SSSR count). The minimum Gasteiger partial charge on any atom is -0.331 e. The van der Waals surface area contributed by atoms with Crippen LogP contribution in [0.3, 0.4) is 0 Å². The Hall–Kier alpha value is -0.450. The van der Waals surface area contributed by atoms with E-state index in [-0.39, 0.29) is 11.7 Å². The van der Waals surface area contributed by atoms with Crippen LogP contribution in [-0.4, -0.2) is 33.1 Å². The molecular weight excluding hydrogens is 280 g/mol. The predicted molar refractivity (Wildman–Crippen MR) is 89.8 cm³/mol. The molecule has 0 spiro atoms. The summed E-state index contributed by atoms with van der Waals surface area (Å²) >= 11 is 0. The first-order chi connectivity index (χ1) is 10.6. The van der Waals surface area contributed by atoms with Crippen LogP contribution < -0.4 is 0 Å². The quantitative estimate of drug-likeness (QED) is 0.324. The van der Waals surface area contributed by atoms with Crippen LogP contribution in [0.15, 0.2) is 0 Å². The minimum absolute atomic E-state index is 0.151.